The molecule has 1 aromatic carbocycles. The monoisotopic (exact) mass is 266 g/mol. The van der Waals surface area contributed by atoms with E-state index < -0.39 is 9.84 Å². The molecule has 2 aromatic rings. The molecule has 18 heavy (non-hydrogen) atoms. The minimum absolute atomic E-state index is 0.135. The number of hydrogen-bond donors (Lipinski definition) is 0. The zero-order valence-corrected chi connectivity index (χ0v) is 10.9. The summed E-state index contributed by atoms with van der Waals surface area (Å²) in [7, 11) is -2.93. The average molecular weight is 266 g/mol. The molecule has 0 aliphatic carbocycles. The van der Waals surface area contributed by atoms with E-state index in [1.54, 1.807) is 0 Å². The van der Waals surface area contributed by atoms with Crippen molar-refractivity contribution < 1.29 is 12.9 Å². The van der Waals surface area contributed by atoms with Crippen LogP contribution in [0.25, 0.3) is 11.4 Å². The fourth-order valence-corrected chi connectivity index (χ4v) is 2.22. The molecule has 0 radical (unpaired) electrons. The summed E-state index contributed by atoms with van der Waals surface area (Å²) >= 11 is 0. The molecule has 0 atom stereocenters. The van der Waals surface area contributed by atoms with Crippen molar-refractivity contribution in [3.63, 3.8) is 0 Å². The summed E-state index contributed by atoms with van der Waals surface area (Å²) < 4.78 is 27.0. The first kappa shape index (κ1) is 12.8. The molecule has 2 rings (SSSR count). The Labute approximate surface area is 106 Å². The molecular weight excluding hydrogens is 252 g/mol. The predicted octanol–water partition coefficient (Wildman–Crippen LogP) is 1.71. The highest BCUT2D eigenvalue weighted by Gasteiger charge is 2.09. The van der Waals surface area contributed by atoms with Gasteiger partial charge in [0.15, 0.2) is 0 Å². The summed E-state index contributed by atoms with van der Waals surface area (Å²) in [5.41, 5.74) is 0.885. The second-order valence-electron chi connectivity index (χ2n) is 4.11. The Balaban J connectivity index is 1.99. The lowest BCUT2D eigenvalue weighted by molar-refractivity contribution is 0.378. The van der Waals surface area contributed by atoms with Gasteiger partial charge in [0.2, 0.25) is 11.7 Å². The van der Waals surface area contributed by atoms with Crippen molar-refractivity contribution in [3.05, 3.63) is 36.2 Å². The summed E-state index contributed by atoms with van der Waals surface area (Å²) in [5.74, 6) is 1.14. The molecule has 6 heteroatoms. The molecule has 96 valence electrons. The minimum atomic E-state index is -2.93. The Hall–Kier alpha value is -1.69. The normalized spacial score (nSPS) is 11.6. The van der Waals surface area contributed by atoms with Gasteiger partial charge in [0.25, 0.3) is 0 Å². The largest absolute Gasteiger partial charge is 0.339 e. The van der Waals surface area contributed by atoms with Crippen LogP contribution < -0.4 is 0 Å². The van der Waals surface area contributed by atoms with Gasteiger partial charge in [0.05, 0.1) is 5.75 Å². The first-order valence-electron chi connectivity index (χ1n) is 5.60. The van der Waals surface area contributed by atoms with Crippen LogP contribution in [0.3, 0.4) is 0 Å². The number of rotatable bonds is 5. The van der Waals surface area contributed by atoms with E-state index in [1.165, 1.54) is 6.26 Å². The van der Waals surface area contributed by atoms with E-state index >= 15 is 0 Å². The van der Waals surface area contributed by atoms with Crippen LogP contribution in [0.4, 0.5) is 0 Å². The van der Waals surface area contributed by atoms with Crippen LogP contribution in [0, 0.1) is 0 Å². The van der Waals surface area contributed by atoms with Gasteiger partial charge in [-0.05, 0) is 6.42 Å². The Morgan fingerprint density at radius 2 is 1.94 bits per heavy atom. The lowest BCUT2D eigenvalue weighted by atomic mass is 10.2. The summed E-state index contributed by atoms with van der Waals surface area (Å²) in [6.07, 6.45) is 2.19. The molecule has 5 nitrogen and oxygen atoms in total. The van der Waals surface area contributed by atoms with Gasteiger partial charge in [-0.2, -0.15) is 4.98 Å². The third kappa shape index (κ3) is 3.66. The van der Waals surface area contributed by atoms with Gasteiger partial charge < -0.3 is 4.52 Å². The molecule has 0 saturated carbocycles. The molecule has 0 amide bonds. The lowest BCUT2D eigenvalue weighted by Crippen LogP contribution is -2.04. The SMILES string of the molecule is CS(=O)(=O)CCCc1nc(-c2ccccc2)no1. The molecule has 0 spiro atoms. The van der Waals surface area contributed by atoms with E-state index in [1.807, 2.05) is 30.3 Å². The molecule has 0 saturated heterocycles. The second-order valence-corrected chi connectivity index (χ2v) is 6.37. The van der Waals surface area contributed by atoms with Crippen LogP contribution >= 0.6 is 0 Å². The maximum atomic E-state index is 11.0. The van der Waals surface area contributed by atoms with Crippen LogP contribution in [0.1, 0.15) is 12.3 Å². The van der Waals surface area contributed by atoms with Crippen molar-refractivity contribution in [3.8, 4) is 11.4 Å². The van der Waals surface area contributed by atoms with Crippen molar-refractivity contribution in [1.29, 1.82) is 0 Å². The number of sulfone groups is 1. The maximum Gasteiger partial charge on any atom is 0.226 e. The quantitative estimate of drug-likeness (QED) is 0.823. The summed E-state index contributed by atoms with van der Waals surface area (Å²) in [6, 6.07) is 9.50. The van der Waals surface area contributed by atoms with E-state index in [0.717, 1.165) is 5.56 Å². The van der Waals surface area contributed by atoms with Gasteiger partial charge in [-0.1, -0.05) is 35.5 Å². The number of nitrogens with zero attached hydrogens (tertiary/aromatic N) is 2. The first-order valence-corrected chi connectivity index (χ1v) is 7.66. The molecule has 0 aliphatic heterocycles. The van der Waals surface area contributed by atoms with Gasteiger partial charge in [0, 0.05) is 18.2 Å². The molecule has 0 N–H and O–H groups in total. The van der Waals surface area contributed by atoms with E-state index in [4.69, 9.17) is 4.52 Å². The van der Waals surface area contributed by atoms with Gasteiger partial charge in [-0.25, -0.2) is 8.42 Å². The fourth-order valence-electron chi connectivity index (χ4n) is 1.55. The number of benzene rings is 1. The van der Waals surface area contributed by atoms with Crippen molar-refractivity contribution in [2.45, 2.75) is 12.8 Å². The molecule has 1 aromatic heterocycles. The summed E-state index contributed by atoms with van der Waals surface area (Å²) in [6.45, 7) is 0. The fraction of sp³-hybridized carbons (Fsp3) is 0.333. The molecular formula is C12H14N2O3S. The smallest absolute Gasteiger partial charge is 0.226 e. The Morgan fingerprint density at radius 3 is 2.61 bits per heavy atom. The van der Waals surface area contributed by atoms with Crippen LogP contribution in [-0.4, -0.2) is 30.6 Å². The highest BCUT2D eigenvalue weighted by Crippen LogP contribution is 2.15. The van der Waals surface area contributed by atoms with E-state index in [9.17, 15) is 8.42 Å². The van der Waals surface area contributed by atoms with E-state index in [0.29, 0.717) is 24.6 Å². The molecule has 1 heterocycles. The highest BCUT2D eigenvalue weighted by molar-refractivity contribution is 7.90. The average Bonchev–Trinajstić information content (AvgIpc) is 2.77. The Morgan fingerprint density at radius 1 is 1.22 bits per heavy atom. The highest BCUT2D eigenvalue weighted by atomic mass is 32.2. The number of hydrogen-bond acceptors (Lipinski definition) is 5. The van der Waals surface area contributed by atoms with Crippen LogP contribution in [-0.2, 0) is 16.3 Å². The van der Waals surface area contributed by atoms with Gasteiger partial charge >= 0.3 is 0 Å². The molecule has 0 aliphatic rings. The lowest BCUT2D eigenvalue weighted by Gasteiger charge is -1.94. The second kappa shape index (κ2) is 5.30. The van der Waals surface area contributed by atoms with Crippen LogP contribution in [0.15, 0.2) is 34.9 Å². The third-order valence-electron chi connectivity index (χ3n) is 2.41. The van der Waals surface area contributed by atoms with Crippen LogP contribution in [0.2, 0.25) is 0 Å². The van der Waals surface area contributed by atoms with Gasteiger partial charge in [-0.3, -0.25) is 0 Å². The van der Waals surface area contributed by atoms with Crippen molar-refractivity contribution in [2.24, 2.45) is 0 Å². The van der Waals surface area contributed by atoms with Gasteiger partial charge in [-0.15, -0.1) is 0 Å². The minimum Gasteiger partial charge on any atom is -0.339 e. The van der Waals surface area contributed by atoms with Crippen LogP contribution in [0.5, 0.6) is 0 Å². The zero-order chi connectivity index (χ0) is 13.0. The summed E-state index contributed by atoms with van der Waals surface area (Å²) in [5, 5.41) is 3.87. The Kier molecular flexibility index (Phi) is 3.76. The van der Waals surface area contributed by atoms with Gasteiger partial charge in [0.1, 0.15) is 9.84 Å². The standard InChI is InChI=1S/C12H14N2O3S/c1-18(15,16)9-5-8-11-13-12(14-17-11)10-6-3-2-4-7-10/h2-4,6-7H,5,8-9H2,1H3. The van der Waals surface area contributed by atoms with E-state index in [-0.39, 0.29) is 5.75 Å². The maximum absolute atomic E-state index is 11.0. The zero-order valence-electron chi connectivity index (χ0n) is 10.0. The van der Waals surface area contributed by atoms with Crippen molar-refractivity contribution in [1.82, 2.24) is 10.1 Å². The first-order chi connectivity index (χ1) is 8.54. The predicted molar refractivity (Wildman–Crippen MR) is 67.8 cm³/mol. The third-order valence-corrected chi connectivity index (χ3v) is 3.44. The molecule has 0 bridgehead atoms. The van der Waals surface area contributed by atoms with E-state index in [2.05, 4.69) is 10.1 Å². The Bertz CT molecular complexity index is 605. The molecule has 0 fully saturated rings. The molecule has 0 unspecified atom stereocenters. The number of aryl methyl sites for hydroxylation is 1. The topological polar surface area (TPSA) is 73.1 Å². The van der Waals surface area contributed by atoms with Crippen molar-refractivity contribution in [2.75, 3.05) is 12.0 Å². The number of aromatic nitrogens is 2. The van der Waals surface area contributed by atoms with Crippen molar-refractivity contribution >= 4 is 9.84 Å². The summed E-state index contributed by atoms with van der Waals surface area (Å²) in [4.78, 5) is 4.23.